The molecule has 0 heterocycles. The van der Waals surface area contributed by atoms with Gasteiger partial charge in [0.1, 0.15) is 22.8 Å². The summed E-state index contributed by atoms with van der Waals surface area (Å²) in [7, 11) is 7.40. The maximum Gasteiger partial charge on any atom is 0.343 e. The first kappa shape index (κ1) is 29.8. The fraction of sp³-hybridized carbons (Fsp3) is 0.500. The van der Waals surface area contributed by atoms with Gasteiger partial charge in [0, 0.05) is 25.2 Å². The van der Waals surface area contributed by atoms with Crippen LogP contribution in [0.15, 0.2) is 24.3 Å². The molecule has 2 aromatic rings. The molecular weight excluding hydrogens is 480 g/mol. The summed E-state index contributed by atoms with van der Waals surface area (Å²) in [6, 6.07) is 7.17. The van der Waals surface area contributed by atoms with Crippen molar-refractivity contribution in [2.24, 2.45) is 5.92 Å². The molecule has 0 aliphatic rings. The van der Waals surface area contributed by atoms with Gasteiger partial charge in [-0.05, 0) is 42.9 Å². The van der Waals surface area contributed by atoms with Crippen LogP contribution in [0.25, 0.3) is 0 Å². The number of esters is 1. The number of methoxy groups -OCH3 is 5. The maximum absolute atomic E-state index is 13.6. The van der Waals surface area contributed by atoms with E-state index in [1.165, 1.54) is 21.3 Å². The second-order valence-electron chi connectivity index (χ2n) is 8.72. The molecule has 37 heavy (non-hydrogen) atoms. The summed E-state index contributed by atoms with van der Waals surface area (Å²) in [5.74, 6) is 1.88. The zero-order valence-electron chi connectivity index (χ0n) is 22.8. The van der Waals surface area contributed by atoms with E-state index in [2.05, 4.69) is 13.8 Å². The number of carbonyl (C=O) groups is 2. The van der Waals surface area contributed by atoms with Crippen molar-refractivity contribution in [3.05, 3.63) is 41.0 Å². The average molecular weight is 519 g/mol. The summed E-state index contributed by atoms with van der Waals surface area (Å²) < 4.78 is 37.7. The van der Waals surface area contributed by atoms with Crippen LogP contribution < -0.4 is 23.7 Å². The summed E-state index contributed by atoms with van der Waals surface area (Å²) in [6.45, 7) is 3.97. The van der Waals surface area contributed by atoms with Crippen molar-refractivity contribution in [3.8, 4) is 28.7 Å². The number of hydrogen-bond acceptors (Lipinski definition) is 9. The first-order valence-electron chi connectivity index (χ1n) is 12.1. The zero-order chi connectivity index (χ0) is 27.4. The number of ether oxygens (including phenoxy) is 7. The van der Waals surface area contributed by atoms with Gasteiger partial charge in [0.2, 0.25) is 0 Å². The topological polar surface area (TPSA) is 98.8 Å². The Balaban J connectivity index is 2.43. The standard InChI is InChI=1S/C28H38O9/c1-18(2)8-11-20-23(32-4)15-25(34-6)27(28(20)36-16-26(30)35-7)21(29)12-9-19-10-13-22(37-17-31-3)24(14-19)33-5/h10,13-15,18H,8-9,11-12,16-17H2,1-7H3. The predicted octanol–water partition coefficient (Wildman–Crippen LogP) is 4.65. The summed E-state index contributed by atoms with van der Waals surface area (Å²) >= 11 is 0. The normalized spacial score (nSPS) is 10.7. The molecule has 0 aromatic heterocycles. The summed E-state index contributed by atoms with van der Waals surface area (Å²) in [5.41, 5.74) is 1.88. The molecule has 0 spiro atoms. The van der Waals surface area contributed by atoms with Gasteiger partial charge in [-0.3, -0.25) is 4.79 Å². The quantitative estimate of drug-likeness (QED) is 0.179. The Morgan fingerprint density at radius 3 is 2.11 bits per heavy atom. The molecular formula is C28H38O9. The van der Waals surface area contributed by atoms with Crippen LogP contribution in [-0.4, -0.2) is 60.7 Å². The van der Waals surface area contributed by atoms with Gasteiger partial charge in [0.15, 0.2) is 30.7 Å². The molecule has 0 radical (unpaired) electrons. The van der Waals surface area contributed by atoms with E-state index in [4.69, 9.17) is 33.2 Å². The number of rotatable bonds is 16. The van der Waals surface area contributed by atoms with Gasteiger partial charge < -0.3 is 33.2 Å². The minimum absolute atomic E-state index is 0.0962. The highest BCUT2D eigenvalue weighted by atomic mass is 16.7. The predicted molar refractivity (Wildman–Crippen MR) is 138 cm³/mol. The van der Waals surface area contributed by atoms with Crippen molar-refractivity contribution in [1.29, 1.82) is 0 Å². The van der Waals surface area contributed by atoms with Gasteiger partial charge in [0.25, 0.3) is 0 Å². The third-order valence-corrected chi connectivity index (χ3v) is 5.76. The fourth-order valence-electron chi connectivity index (χ4n) is 3.77. The van der Waals surface area contributed by atoms with Crippen molar-refractivity contribution in [1.82, 2.24) is 0 Å². The lowest BCUT2D eigenvalue weighted by Gasteiger charge is -2.21. The summed E-state index contributed by atoms with van der Waals surface area (Å²) in [4.78, 5) is 25.5. The van der Waals surface area contributed by atoms with Gasteiger partial charge in [-0.2, -0.15) is 0 Å². The molecule has 0 fully saturated rings. The van der Waals surface area contributed by atoms with E-state index in [1.54, 1.807) is 26.4 Å². The van der Waals surface area contributed by atoms with Crippen molar-refractivity contribution in [2.45, 2.75) is 39.5 Å². The Kier molecular flexibility index (Phi) is 12.0. The van der Waals surface area contributed by atoms with Gasteiger partial charge in [-0.1, -0.05) is 19.9 Å². The zero-order valence-corrected chi connectivity index (χ0v) is 22.8. The average Bonchev–Trinajstić information content (AvgIpc) is 2.91. The molecule has 2 aromatic carbocycles. The SMILES string of the molecule is COCOc1ccc(CCC(=O)c2c(OC)cc(OC)c(CCC(C)C)c2OCC(=O)OC)cc1OC. The van der Waals surface area contributed by atoms with E-state index in [9.17, 15) is 9.59 Å². The molecule has 9 nitrogen and oxygen atoms in total. The van der Waals surface area contributed by atoms with E-state index in [0.717, 1.165) is 12.0 Å². The molecule has 0 saturated heterocycles. The Morgan fingerprint density at radius 1 is 0.811 bits per heavy atom. The van der Waals surface area contributed by atoms with Crippen LogP contribution in [0.4, 0.5) is 0 Å². The third-order valence-electron chi connectivity index (χ3n) is 5.76. The first-order valence-corrected chi connectivity index (χ1v) is 12.1. The lowest BCUT2D eigenvalue weighted by atomic mass is 9.94. The molecule has 2 rings (SSSR count). The highest BCUT2D eigenvalue weighted by Crippen LogP contribution is 2.41. The number of hydrogen-bond donors (Lipinski definition) is 0. The number of ketones is 1. The van der Waals surface area contributed by atoms with Crippen LogP contribution in [0, 0.1) is 5.92 Å². The lowest BCUT2D eigenvalue weighted by molar-refractivity contribution is -0.142. The Bertz CT molecular complexity index is 1050. The molecule has 0 aliphatic carbocycles. The Morgan fingerprint density at radius 2 is 1.51 bits per heavy atom. The van der Waals surface area contributed by atoms with Crippen LogP contribution >= 0.6 is 0 Å². The third kappa shape index (κ3) is 8.28. The number of benzene rings is 2. The van der Waals surface area contributed by atoms with Crippen molar-refractivity contribution in [3.63, 3.8) is 0 Å². The van der Waals surface area contributed by atoms with E-state index in [0.29, 0.717) is 47.3 Å². The molecule has 204 valence electrons. The van der Waals surface area contributed by atoms with Crippen LogP contribution in [0.1, 0.15) is 48.2 Å². The minimum atomic E-state index is -0.558. The summed E-state index contributed by atoms with van der Waals surface area (Å²) in [5, 5.41) is 0. The van der Waals surface area contributed by atoms with Gasteiger partial charge in [0.05, 0.1) is 28.4 Å². The smallest absolute Gasteiger partial charge is 0.343 e. The van der Waals surface area contributed by atoms with E-state index in [-0.39, 0.29) is 36.9 Å². The van der Waals surface area contributed by atoms with Gasteiger partial charge in [-0.15, -0.1) is 0 Å². The monoisotopic (exact) mass is 518 g/mol. The van der Waals surface area contributed by atoms with Crippen molar-refractivity contribution in [2.75, 3.05) is 48.9 Å². The highest BCUT2D eigenvalue weighted by molar-refractivity contribution is 6.02. The fourth-order valence-corrected chi connectivity index (χ4v) is 3.77. The van der Waals surface area contributed by atoms with E-state index >= 15 is 0 Å². The lowest BCUT2D eigenvalue weighted by Crippen LogP contribution is -2.17. The Labute approximate surface area is 218 Å². The molecule has 0 saturated carbocycles. The van der Waals surface area contributed by atoms with Gasteiger partial charge >= 0.3 is 5.97 Å². The largest absolute Gasteiger partial charge is 0.496 e. The van der Waals surface area contributed by atoms with Crippen LogP contribution in [-0.2, 0) is 27.1 Å². The molecule has 0 atom stereocenters. The van der Waals surface area contributed by atoms with Gasteiger partial charge in [-0.25, -0.2) is 4.79 Å². The number of Topliss-reactive ketones (excluding diaryl/α,β-unsaturated/α-hetero) is 1. The number of carbonyl (C=O) groups excluding carboxylic acids is 2. The minimum Gasteiger partial charge on any atom is -0.496 e. The maximum atomic E-state index is 13.6. The molecule has 0 amide bonds. The second kappa shape index (κ2) is 14.9. The highest BCUT2D eigenvalue weighted by Gasteiger charge is 2.26. The molecule has 9 heteroatoms. The first-order chi connectivity index (χ1) is 17.8. The molecule has 0 aliphatic heterocycles. The van der Waals surface area contributed by atoms with Crippen molar-refractivity contribution < 1.29 is 42.7 Å². The van der Waals surface area contributed by atoms with E-state index < -0.39 is 5.97 Å². The van der Waals surface area contributed by atoms with E-state index in [1.807, 2.05) is 12.1 Å². The van der Waals surface area contributed by atoms with Crippen LogP contribution in [0.5, 0.6) is 28.7 Å². The summed E-state index contributed by atoms with van der Waals surface area (Å²) in [6.07, 6.45) is 2.04. The van der Waals surface area contributed by atoms with Crippen LogP contribution in [0.2, 0.25) is 0 Å². The second-order valence-corrected chi connectivity index (χ2v) is 8.72. The molecule has 0 N–H and O–H groups in total. The molecule has 0 unspecified atom stereocenters. The van der Waals surface area contributed by atoms with Crippen molar-refractivity contribution >= 4 is 11.8 Å². The molecule has 0 bridgehead atoms. The Hall–Kier alpha value is -3.46. The van der Waals surface area contributed by atoms with Crippen LogP contribution in [0.3, 0.4) is 0 Å². The number of aryl methyl sites for hydroxylation is 1.